The third-order valence-electron chi connectivity index (χ3n) is 5.67. The number of piperidine rings is 1. The van der Waals surface area contributed by atoms with Crippen LogP contribution < -0.4 is 4.90 Å². The number of anilines is 1. The minimum atomic E-state index is -4.39. The highest BCUT2D eigenvalue weighted by Crippen LogP contribution is 2.34. The number of benzene rings is 1. The number of alkyl halides is 5. The van der Waals surface area contributed by atoms with Crippen molar-refractivity contribution in [2.45, 2.75) is 31.0 Å². The Morgan fingerprint density at radius 3 is 2.56 bits per heavy atom. The number of nitrogens with one attached hydrogen (secondary N) is 1. The topological polar surface area (TPSA) is 60.9 Å². The first kappa shape index (κ1) is 24.1. The van der Waals surface area contributed by atoms with E-state index in [0.717, 1.165) is 12.1 Å². The van der Waals surface area contributed by atoms with E-state index in [1.165, 1.54) is 29.6 Å². The number of likely N-dealkylation sites (tertiary alicyclic amines) is 1. The van der Waals surface area contributed by atoms with Crippen LogP contribution in [0.2, 0.25) is 0 Å². The van der Waals surface area contributed by atoms with Crippen LogP contribution in [0.4, 0.5) is 27.8 Å². The van der Waals surface area contributed by atoms with E-state index in [1.807, 2.05) is 0 Å². The molecule has 3 aromatic rings. The second-order valence-corrected chi connectivity index (χ2v) is 7.73. The fraction of sp³-hybridized carbons (Fsp3) is 0.450. The number of fused-ring (bicyclic) bond motifs is 1. The molecular weight excluding hydrogens is 455 g/mol. The van der Waals surface area contributed by atoms with E-state index in [4.69, 9.17) is 0 Å². The molecule has 1 aromatic carbocycles. The van der Waals surface area contributed by atoms with Gasteiger partial charge < -0.3 is 4.90 Å². The molecule has 1 unspecified atom stereocenters. The van der Waals surface area contributed by atoms with Crippen molar-refractivity contribution >= 4 is 29.3 Å². The van der Waals surface area contributed by atoms with E-state index in [9.17, 15) is 13.2 Å². The first-order valence-corrected chi connectivity index (χ1v) is 9.78. The van der Waals surface area contributed by atoms with E-state index in [1.54, 1.807) is 11.9 Å². The molecule has 32 heavy (non-hydrogen) atoms. The van der Waals surface area contributed by atoms with Crippen LogP contribution in [-0.2, 0) is 12.6 Å². The van der Waals surface area contributed by atoms with Crippen LogP contribution in [0.5, 0.6) is 0 Å². The smallest absolute Gasteiger partial charge is 0.350 e. The fourth-order valence-corrected chi connectivity index (χ4v) is 3.99. The molecule has 0 aliphatic carbocycles. The van der Waals surface area contributed by atoms with Gasteiger partial charge in [0, 0.05) is 20.1 Å². The maximum absolute atomic E-state index is 15.0. The van der Waals surface area contributed by atoms with Crippen molar-refractivity contribution in [3.8, 4) is 0 Å². The van der Waals surface area contributed by atoms with E-state index >= 15 is 8.78 Å². The molecule has 0 radical (unpaired) electrons. The SMILES string of the molecule is CN(c1ncnc2[nH]ncc12)C1CCN(CCc2ccc(C(F)(F)F)cc2)CC1(F)F.Cl. The number of hydrogen-bond acceptors (Lipinski definition) is 5. The summed E-state index contributed by atoms with van der Waals surface area (Å²) in [6.45, 7) is 0.365. The van der Waals surface area contributed by atoms with Crippen LogP contribution in [0.25, 0.3) is 11.0 Å². The van der Waals surface area contributed by atoms with Gasteiger partial charge in [-0.05, 0) is 30.5 Å². The number of hydrogen-bond donors (Lipinski definition) is 1. The van der Waals surface area contributed by atoms with Gasteiger partial charge in [-0.25, -0.2) is 18.7 Å². The van der Waals surface area contributed by atoms with Gasteiger partial charge in [0.2, 0.25) is 0 Å². The van der Waals surface area contributed by atoms with Gasteiger partial charge in [0.1, 0.15) is 12.1 Å². The molecule has 4 rings (SSSR count). The molecule has 1 fully saturated rings. The summed E-state index contributed by atoms with van der Waals surface area (Å²) in [4.78, 5) is 11.3. The number of aromatic nitrogens is 4. The largest absolute Gasteiger partial charge is 0.416 e. The fourth-order valence-electron chi connectivity index (χ4n) is 3.99. The lowest BCUT2D eigenvalue weighted by atomic mass is 9.98. The average Bonchev–Trinajstić information content (AvgIpc) is 3.20. The lowest BCUT2D eigenvalue weighted by Gasteiger charge is -2.42. The first-order valence-electron chi connectivity index (χ1n) is 9.78. The number of aromatic amines is 1. The Morgan fingerprint density at radius 2 is 1.91 bits per heavy atom. The van der Waals surface area contributed by atoms with Crippen LogP contribution >= 0.6 is 12.4 Å². The Kier molecular flexibility index (Phi) is 6.89. The van der Waals surface area contributed by atoms with Gasteiger partial charge in [-0.2, -0.15) is 18.3 Å². The van der Waals surface area contributed by atoms with E-state index in [-0.39, 0.29) is 18.8 Å². The average molecular weight is 477 g/mol. The van der Waals surface area contributed by atoms with Gasteiger partial charge >= 0.3 is 6.18 Å². The molecule has 12 heteroatoms. The summed E-state index contributed by atoms with van der Waals surface area (Å²) in [6.07, 6.45) is -0.946. The quantitative estimate of drug-likeness (QED) is 0.560. The zero-order chi connectivity index (χ0) is 22.2. The van der Waals surface area contributed by atoms with Crippen LogP contribution in [0, 0.1) is 0 Å². The molecule has 1 aliphatic rings. The summed E-state index contributed by atoms with van der Waals surface area (Å²) < 4.78 is 68.0. The van der Waals surface area contributed by atoms with E-state index in [2.05, 4.69) is 20.2 Å². The maximum atomic E-state index is 15.0. The highest BCUT2D eigenvalue weighted by molar-refractivity contribution is 5.86. The third kappa shape index (κ3) is 4.93. The first-order chi connectivity index (χ1) is 14.6. The van der Waals surface area contributed by atoms with Crippen LogP contribution in [0.3, 0.4) is 0 Å². The van der Waals surface area contributed by atoms with Gasteiger partial charge in [0.05, 0.1) is 29.7 Å². The minimum absolute atomic E-state index is 0. The molecule has 6 nitrogen and oxygen atoms in total. The molecule has 1 atom stereocenters. The summed E-state index contributed by atoms with van der Waals surface area (Å²) in [5.41, 5.74) is 0.441. The van der Waals surface area contributed by atoms with Gasteiger partial charge in [-0.3, -0.25) is 10.00 Å². The van der Waals surface area contributed by atoms with Crippen LogP contribution in [0.1, 0.15) is 17.5 Å². The molecule has 3 heterocycles. The Balaban J connectivity index is 0.00000289. The maximum Gasteiger partial charge on any atom is 0.416 e. The van der Waals surface area contributed by atoms with Gasteiger partial charge in [-0.15, -0.1) is 12.4 Å². The lowest BCUT2D eigenvalue weighted by Crippen LogP contribution is -2.58. The second-order valence-electron chi connectivity index (χ2n) is 7.73. The number of rotatable bonds is 5. The molecule has 0 bridgehead atoms. The van der Waals surface area contributed by atoms with Crippen LogP contribution in [0.15, 0.2) is 36.8 Å². The molecule has 0 amide bonds. The molecule has 174 valence electrons. The molecule has 1 saturated heterocycles. The molecule has 2 aromatic heterocycles. The van der Waals surface area contributed by atoms with E-state index < -0.39 is 30.2 Å². The molecule has 0 spiro atoms. The molecular formula is C20H22ClF5N6. The Morgan fingerprint density at radius 1 is 1.19 bits per heavy atom. The summed E-state index contributed by atoms with van der Waals surface area (Å²) in [7, 11) is 1.59. The number of H-pyrrole nitrogens is 1. The minimum Gasteiger partial charge on any atom is -0.350 e. The standard InChI is InChI=1S/C20H21F5N6.ClH/c1-30(18-15-10-28-29-17(15)26-12-27-18)16-7-9-31(11-19(16,21)22)8-6-13-2-4-14(5-3-13)20(23,24)25;/h2-5,10,12,16H,6-9,11H2,1H3,(H,26,27,28,29);1H. The van der Waals surface area contributed by atoms with Crippen LogP contribution in [-0.4, -0.2) is 63.7 Å². The number of halogens is 6. The monoisotopic (exact) mass is 476 g/mol. The lowest BCUT2D eigenvalue weighted by molar-refractivity contribution is -0.137. The Labute approximate surface area is 187 Å². The van der Waals surface area contributed by atoms with Gasteiger partial charge in [0.25, 0.3) is 5.92 Å². The summed E-state index contributed by atoms with van der Waals surface area (Å²) in [5.74, 6) is -2.60. The van der Waals surface area contributed by atoms with Crippen molar-refractivity contribution < 1.29 is 22.0 Å². The summed E-state index contributed by atoms with van der Waals surface area (Å²) in [6, 6.07) is 3.79. The van der Waals surface area contributed by atoms with E-state index in [0.29, 0.717) is 41.9 Å². The van der Waals surface area contributed by atoms with Crippen molar-refractivity contribution in [2.75, 3.05) is 31.6 Å². The number of nitrogens with zero attached hydrogens (tertiary/aromatic N) is 5. The second kappa shape index (κ2) is 9.14. The Bertz CT molecular complexity index is 1040. The molecule has 1 N–H and O–H groups in total. The highest BCUT2D eigenvalue weighted by Gasteiger charge is 2.47. The predicted molar refractivity (Wildman–Crippen MR) is 112 cm³/mol. The van der Waals surface area contributed by atoms with Crippen molar-refractivity contribution in [3.05, 3.63) is 47.9 Å². The highest BCUT2D eigenvalue weighted by atomic mass is 35.5. The predicted octanol–water partition coefficient (Wildman–Crippen LogP) is 4.18. The van der Waals surface area contributed by atoms with Gasteiger partial charge in [-0.1, -0.05) is 12.1 Å². The van der Waals surface area contributed by atoms with Crippen molar-refractivity contribution in [1.82, 2.24) is 25.1 Å². The van der Waals surface area contributed by atoms with Crippen molar-refractivity contribution in [3.63, 3.8) is 0 Å². The zero-order valence-electron chi connectivity index (χ0n) is 17.1. The molecule has 1 aliphatic heterocycles. The zero-order valence-corrected chi connectivity index (χ0v) is 17.9. The molecule has 0 saturated carbocycles. The Hall–Kier alpha value is -2.53. The normalized spacial score (nSPS) is 19.0. The summed E-state index contributed by atoms with van der Waals surface area (Å²) >= 11 is 0. The van der Waals surface area contributed by atoms with Crippen molar-refractivity contribution in [2.24, 2.45) is 0 Å². The van der Waals surface area contributed by atoms with Gasteiger partial charge in [0.15, 0.2) is 5.65 Å². The summed E-state index contributed by atoms with van der Waals surface area (Å²) in [5, 5.41) is 7.18. The third-order valence-corrected chi connectivity index (χ3v) is 5.67. The van der Waals surface area contributed by atoms with Crippen molar-refractivity contribution in [1.29, 1.82) is 0 Å².